The standard InChI is InChI=1S/C32H51N3O8SSi2/c1-22-19-35(29(37)34(27(22)36)18-17-23-15-13-12-14-16-23)28-26(42-46(10,11)31(5,6)7)32(24(33)21-44(38,39)43-32)25(41-28)20-40-45(8,9)30(2,3)4/h12-16,19,21,25-26,28H,17-18,20,33H2,1-11H3/t25-,26+,28-,32?/m1/s1. The highest BCUT2D eigenvalue weighted by molar-refractivity contribution is 7.90. The van der Waals surface area contributed by atoms with Crippen LogP contribution in [-0.2, 0) is 40.9 Å². The first kappa shape index (κ1) is 36.5. The lowest BCUT2D eigenvalue weighted by Crippen LogP contribution is -2.59. The molecule has 1 saturated heterocycles. The molecule has 14 heteroatoms. The van der Waals surface area contributed by atoms with Gasteiger partial charge in [0, 0.05) is 18.3 Å². The van der Waals surface area contributed by atoms with E-state index in [1.54, 1.807) is 6.92 Å². The van der Waals surface area contributed by atoms with Crippen molar-refractivity contribution in [1.82, 2.24) is 9.13 Å². The van der Waals surface area contributed by atoms with Gasteiger partial charge in [-0.05, 0) is 55.2 Å². The van der Waals surface area contributed by atoms with E-state index in [9.17, 15) is 18.0 Å². The maximum absolute atomic E-state index is 14.2. The van der Waals surface area contributed by atoms with Gasteiger partial charge in [-0.25, -0.2) is 8.98 Å². The summed E-state index contributed by atoms with van der Waals surface area (Å²) in [4.78, 5) is 27.5. The van der Waals surface area contributed by atoms with E-state index in [1.807, 2.05) is 43.4 Å². The molecule has 2 aromatic rings. The molecular weight excluding hydrogens is 643 g/mol. The van der Waals surface area contributed by atoms with E-state index in [4.69, 9.17) is 23.5 Å². The van der Waals surface area contributed by atoms with Crippen LogP contribution in [0.25, 0.3) is 0 Å². The topological polar surface area (TPSA) is 141 Å². The smallest absolute Gasteiger partial charge is 0.333 e. The molecule has 2 aliphatic rings. The molecule has 1 aromatic heterocycles. The lowest BCUT2D eigenvalue weighted by molar-refractivity contribution is -0.0567. The molecule has 256 valence electrons. The first-order valence-electron chi connectivity index (χ1n) is 15.7. The van der Waals surface area contributed by atoms with Crippen molar-refractivity contribution in [3.05, 3.63) is 79.6 Å². The van der Waals surface area contributed by atoms with Crippen LogP contribution in [0.1, 0.15) is 58.9 Å². The second-order valence-electron chi connectivity index (χ2n) is 15.5. The fraction of sp³-hybridized carbons (Fsp3) is 0.625. The Morgan fingerprint density at radius 3 is 2.09 bits per heavy atom. The molecule has 4 rings (SSSR count). The van der Waals surface area contributed by atoms with Crippen LogP contribution in [0.15, 0.2) is 57.2 Å². The molecule has 1 unspecified atom stereocenters. The molecule has 1 aromatic carbocycles. The molecule has 0 aliphatic carbocycles. The molecule has 0 bridgehead atoms. The minimum Gasteiger partial charge on any atom is -0.414 e. The molecule has 1 spiro atoms. The third-order valence-corrected chi connectivity index (χ3v) is 20.2. The number of aromatic nitrogens is 2. The molecule has 2 N–H and O–H groups in total. The summed E-state index contributed by atoms with van der Waals surface area (Å²) in [5, 5.41) is 0.441. The summed E-state index contributed by atoms with van der Waals surface area (Å²) in [6.07, 6.45) is -1.49. The van der Waals surface area contributed by atoms with Crippen LogP contribution in [0.4, 0.5) is 0 Å². The van der Waals surface area contributed by atoms with Crippen molar-refractivity contribution in [3.8, 4) is 0 Å². The van der Waals surface area contributed by atoms with Crippen LogP contribution in [0.3, 0.4) is 0 Å². The second-order valence-corrected chi connectivity index (χ2v) is 26.5. The monoisotopic (exact) mass is 693 g/mol. The third-order valence-electron chi connectivity index (χ3n) is 10.2. The molecular formula is C32H51N3O8SSi2. The van der Waals surface area contributed by atoms with Gasteiger partial charge in [0.15, 0.2) is 28.5 Å². The highest BCUT2D eigenvalue weighted by Crippen LogP contribution is 2.52. The highest BCUT2D eigenvalue weighted by atomic mass is 32.2. The van der Waals surface area contributed by atoms with E-state index in [-0.39, 0.29) is 28.9 Å². The minimum absolute atomic E-state index is 0.0458. The van der Waals surface area contributed by atoms with Crippen molar-refractivity contribution in [2.75, 3.05) is 6.61 Å². The van der Waals surface area contributed by atoms with Crippen molar-refractivity contribution < 1.29 is 26.2 Å². The van der Waals surface area contributed by atoms with E-state index < -0.39 is 62.0 Å². The molecule has 1 fully saturated rings. The number of rotatable bonds is 9. The van der Waals surface area contributed by atoms with E-state index in [2.05, 4.69) is 54.6 Å². The van der Waals surface area contributed by atoms with Crippen LogP contribution >= 0.6 is 0 Å². The summed E-state index contributed by atoms with van der Waals surface area (Å²) in [5.74, 6) is 0. The zero-order chi connectivity index (χ0) is 34.7. The van der Waals surface area contributed by atoms with Gasteiger partial charge >= 0.3 is 5.69 Å². The molecule has 0 saturated carbocycles. The number of hydrogen-bond donors (Lipinski definition) is 1. The molecule has 4 atom stereocenters. The van der Waals surface area contributed by atoms with Crippen LogP contribution in [0.5, 0.6) is 0 Å². The van der Waals surface area contributed by atoms with Gasteiger partial charge in [-0.2, -0.15) is 8.42 Å². The van der Waals surface area contributed by atoms with Crippen LogP contribution in [0.2, 0.25) is 36.3 Å². The summed E-state index contributed by atoms with van der Waals surface area (Å²) in [7, 11) is -9.29. The van der Waals surface area contributed by atoms with E-state index in [1.165, 1.54) is 15.3 Å². The molecule has 46 heavy (non-hydrogen) atoms. The maximum atomic E-state index is 14.2. The largest absolute Gasteiger partial charge is 0.414 e. The minimum atomic E-state index is -4.22. The predicted octanol–water partition coefficient (Wildman–Crippen LogP) is 4.77. The number of hydrogen-bond acceptors (Lipinski definition) is 9. The van der Waals surface area contributed by atoms with Gasteiger partial charge in [-0.1, -0.05) is 71.9 Å². The van der Waals surface area contributed by atoms with Gasteiger partial charge < -0.3 is 19.3 Å². The van der Waals surface area contributed by atoms with Crippen LogP contribution in [-0.4, -0.2) is 58.6 Å². The lowest BCUT2D eigenvalue weighted by atomic mass is 9.89. The second kappa shape index (κ2) is 12.3. The van der Waals surface area contributed by atoms with Crippen LogP contribution < -0.4 is 17.0 Å². The third kappa shape index (κ3) is 6.80. The SMILES string of the molecule is Cc1cn([C@@H]2O[C@H](CO[Si](C)(C)C(C)(C)C)C3(OS(=O)(=O)C=C3N)[C@H]2O[Si](C)(C)C(C)(C)C)c(=O)n(CCc2ccccc2)c1=O. The molecule has 3 heterocycles. The molecule has 11 nitrogen and oxygen atoms in total. The Morgan fingerprint density at radius 2 is 1.57 bits per heavy atom. The molecule has 0 amide bonds. The van der Waals surface area contributed by atoms with E-state index >= 15 is 0 Å². The Hall–Kier alpha value is -2.34. The zero-order valence-electron chi connectivity index (χ0n) is 29.0. The van der Waals surface area contributed by atoms with Crippen molar-refractivity contribution in [2.45, 2.75) is 122 Å². The summed E-state index contributed by atoms with van der Waals surface area (Å²) >= 11 is 0. The zero-order valence-corrected chi connectivity index (χ0v) is 31.9. The Kier molecular flexibility index (Phi) is 9.74. The maximum Gasteiger partial charge on any atom is 0.333 e. The lowest BCUT2D eigenvalue weighted by Gasteiger charge is -2.43. The summed E-state index contributed by atoms with van der Waals surface area (Å²) in [6, 6.07) is 9.59. The van der Waals surface area contributed by atoms with Crippen LogP contribution in [0, 0.1) is 6.92 Å². The first-order chi connectivity index (χ1) is 20.9. The number of ether oxygens (including phenoxy) is 1. The van der Waals surface area contributed by atoms with Crippen molar-refractivity contribution >= 4 is 26.8 Å². The summed E-state index contributed by atoms with van der Waals surface area (Å²) < 4.78 is 54.8. The number of aryl methyl sites for hydroxylation is 2. The Morgan fingerprint density at radius 1 is 0.978 bits per heavy atom. The normalized spacial score (nSPS) is 25.3. The first-order valence-corrected chi connectivity index (χ1v) is 23.0. The molecule has 2 aliphatic heterocycles. The van der Waals surface area contributed by atoms with Gasteiger partial charge in [0.1, 0.15) is 12.2 Å². The van der Waals surface area contributed by atoms with Crippen molar-refractivity contribution in [3.63, 3.8) is 0 Å². The number of nitrogens with zero attached hydrogens (tertiary/aromatic N) is 2. The number of benzene rings is 1. The fourth-order valence-corrected chi connectivity index (χ4v) is 8.74. The van der Waals surface area contributed by atoms with E-state index in [0.717, 1.165) is 11.0 Å². The van der Waals surface area contributed by atoms with Crippen molar-refractivity contribution in [2.24, 2.45) is 5.73 Å². The highest BCUT2D eigenvalue weighted by Gasteiger charge is 2.67. The van der Waals surface area contributed by atoms with Gasteiger partial charge in [-0.15, -0.1) is 0 Å². The van der Waals surface area contributed by atoms with Crippen molar-refractivity contribution in [1.29, 1.82) is 0 Å². The molecule has 0 radical (unpaired) electrons. The van der Waals surface area contributed by atoms with Gasteiger partial charge in [-0.3, -0.25) is 13.9 Å². The summed E-state index contributed by atoms with van der Waals surface area (Å²) in [6.45, 7) is 22.4. The average Bonchev–Trinajstić information content (AvgIpc) is 3.35. The van der Waals surface area contributed by atoms with E-state index in [0.29, 0.717) is 12.0 Å². The Labute approximate surface area is 275 Å². The van der Waals surface area contributed by atoms with Gasteiger partial charge in [0.2, 0.25) is 0 Å². The average molecular weight is 694 g/mol. The van der Waals surface area contributed by atoms with Gasteiger partial charge in [0.25, 0.3) is 15.7 Å². The van der Waals surface area contributed by atoms with Gasteiger partial charge in [0.05, 0.1) is 17.7 Å². The Balaban J connectivity index is 1.90. The summed E-state index contributed by atoms with van der Waals surface area (Å²) in [5.41, 5.74) is 4.97. The predicted molar refractivity (Wildman–Crippen MR) is 184 cm³/mol. The quantitative estimate of drug-likeness (QED) is 0.291. The number of nitrogens with two attached hydrogens (primary N) is 1. The fourth-order valence-electron chi connectivity index (χ4n) is 5.24. The Bertz CT molecular complexity index is 1710.